The quantitative estimate of drug-likeness (QED) is 0.342. The number of halogens is 1. The maximum Gasteiger partial charge on any atom is 0.320 e. The number of pyridine rings is 1. The summed E-state index contributed by atoms with van der Waals surface area (Å²) in [6, 6.07) is 3.85. The topological polar surface area (TPSA) is 102 Å². The highest BCUT2D eigenvalue weighted by atomic mass is 79.9. The van der Waals surface area contributed by atoms with Crippen molar-refractivity contribution in [3.63, 3.8) is 0 Å². The lowest BCUT2D eigenvalue weighted by molar-refractivity contribution is -0.158. The van der Waals surface area contributed by atoms with E-state index in [1.165, 1.54) is 0 Å². The summed E-state index contributed by atoms with van der Waals surface area (Å²) in [6.45, 7) is 19.7. The normalized spacial score (nSPS) is 16.9. The molecule has 0 spiro atoms. The Morgan fingerprint density at radius 3 is 1.27 bits per heavy atom. The van der Waals surface area contributed by atoms with Crippen molar-refractivity contribution >= 4 is 33.8 Å². The van der Waals surface area contributed by atoms with E-state index in [0.717, 1.165) is 15.9 Å². The predicted octanol–water partition coefficient (Wildman–Crippen LogP) is 3.79. The monoisotopic (exact) mass is 626 g/mol. The third-order valence-electron chi connectivity index (χ3n) is 5.45. The Labute approximate surface area is 247 Å². The van der Waals surface area contributed by atoms with Crippen molar-refractivity contribution < 1.29 is 28.6 Å². The fraction of sp³-hybridized carbons (Fsp3) is 0.724. The van der Waals surface area contributed by atoms with Gasteiger partial charge in [-0.15, -0.1) is 0 Å². The second kappa shape index (κ2) is 14.2. The molecular weight excluding hydrogens is 580 g/mol. The zero-order valence-corrected chi connectivity index (χ0v) is 27.2. The Kier molecular flexibility index (Phi) is 12.1. The van der Waals surface area contributed by atoms with Crippen molar-refractivity contribution in [3.05, 3.63) is 28.0 Å². The summed E-state index contributed by atoms with van der Waals surface area (Å²) in [6.07, 6.45) is 0. The van der Waals surface area contributed by atoms with E-state index in [1.807, 2.05) is 89.1 Å². The van der Waals surface area contributed by atoms with Gasteiger partial charge >= 0.3 is 17.9 Å². The van der Waals surface area contributed by atoms with Crippen LogP contribution in [0.4, 0.5) is 0 Å². The molecule has 0 N–H and O–H groups in total. The molecule has 0 saturated heterocycles. The third kappa shape index (κ3) is 14.5. The minimum absolute atomic E-state index is 0.0891. The third-order valence-corrected chi connectivity index (χ3v) is 5.91. The average molecular weight is 628 g/mol. The van der Waals surface area contributed by atoms with Gasteiger partial charge in [0.1, 0.15) is 16.8 Å². The van der Waals surface area contributed by atoms with Crippen LogP contribution >= 0.6 is 15.9 Å². The van der Waals surface area contributed by atoms with Gasteiger partial charge in [0, 0.05) is 43.7 Å². The van der Waals surface area contributed by atoms with Crippen LogP contribution < -0.4 is 0 Å². The molecule has 40 heavy (non-hydrogen) atoms. The number of hydrogen-bond donors (Lipinski definition) is 0. The maximum absolute atomic E-state index is 12.7. The number of nitrogens with zero attached hydrogens (tertiary/aromatic N) is 4. The lowest BCUT2D eigenvalue weighted by Crippen LogP contribution is -2.45. The molecule has 1 aliphatic heterocycles. The van der Waals surface area contributed by atoms with E-state index in [2.05, 4.69) is 15.9 Å². The summed E-state index contributed by atoms with van der Waals surface area (Å²) in [4.78, 5) is 49.0. The van der Waals surface area contributed by atoms with Gasteiger partial charge in [0.25, 0.3) is 0 Å². The highest BCUT2D eigenvalue weighted by Gasteiger charge is 2.25. The van der Waals surface area contributed by atoms with Crippen molar-refractivity contribution in [2.24, 2.45) is 0 Å². The molecule has 2 bridgehead atoms. The largest absolute Gasteiger partial charge is 0.459 e. The summed E-state index contributed by atoms with van der Waals surface area (Å²) in [5.74, 6) is -0.970. The van der Waals surface area contributed by atoms with Crippen LogP contribution in [-0.4, -0.2) is 100 Å². The van der Waals surface area contributed by atoms with Crippen LogP contribution in [0.3, 0.4) is 0 Å². The van der Waals surface area contributed by atoms with E-state index in [1.54, 1.807) is 0 Å². The van der Waals surface area contributed by atoms with Crippen LogP contribution in [0.1, 0.15) is 73.7 Å². The van der Waals surface area contributed by atoms with Gasteiger partial charge in [-0.25, -0.2) is 0 Å². The molecule has 0 unspecified atom stereocenters. The van der Waals surface area contributed by atoms with Gasteiger partial charge in [0.05, 0.1) is 31.0 Å². The van der Waals surface area contributed by atoms with Gasteiger partial charge in [-0.1, -0.05) is 15.9 Å². The van der Waals surface area contributed by atoms with E-state index in [-0.39, 0.29) is 37.5 Å². The molecule has 0 aromatic carbocycles. The first kappa shape index (κ1) is 34.1. The zero-order valence-electron chi connectivity index (χ0n) is 25.6. The molecule has 11 heteroatoms. The van der Waals surface area contributed by atoms with Crippen molar-refractivity contribution in [2.45, 2.75) is 92.2 Å². The van der Waals surface area contributed by atoms with Crippen molar-refractivity contribution in [1.82, 2.24) is 19.7 Å². The lowest BCUT2D eigenvalue weighted by Gasteiger charge is -2.31. The summed E-state index contributed by atoms with van der Waals surface area (Å²) in [5.41, 5.74) is -0.221. The van der Waals surface area contributed by atoms with E-state index < -0.39 is 16.8 Å². The second-order valence-electron chi connectivity index (χ2n) is 13.2. The summed E-state index contributed by atoms with van der Waals surface area (Å²) < 4.78 is 17.6. The zero-order chi connectivity index (χ0) is 30.3. The summed E-state index contributed by atoms with van der Waals surface area (Å²) >= 11 is 3.59. The van der Waals surface area contributed by atoms with Crippen LogP contribution in [0.2, 0.25) is 0 Å². The van der Waals surface area contributed by atoms with Crippen molar-refractivity contribution in [1.29, 1.82) is 0 Å². The molecule has 10 nitrogen and oxygen atoms in total. The van der Waals surface area contributed by atoms with Crippen molar-refractivity contribution in [2.75, 3.05) is 45.8 Å². The minimum atomic E-state index is -0.600. The molecule has 2 heterocycles. The van der Waals surface area contributed by atoms with E-state index >= 15 is 0 Å². The summed E-state index contributed by atoms with van der Waals surface area (Å²) in [7, 11) is 0. The van der Waals surface area contributed by atoms with E-state index in [9.17, 15) is 14.4 Å². The second-order valence-corrected chi connectivity index (χ2v) is 14.1. The van der Waals surface area contributed by atoms with Gasteiger partial charge in [0.2, 0.25) is 0 Å². The highest BCUT2D eigenvalue weighted by Crippen LogP contribution is 2.18. The minimum Gasteiger partial charge on any atom is -0.459 e. The Morgan fingerprint density at radius 1 is 0.650 bits per heavy atom. The summed E-state index contributed by atoms with van der Waals surface area (Å²) in [5, 5.41) is 0. The Hall–Kier alpha value is -2.08. The average Bonchev–Trinajstić information content (AvgIpc) is 2.70. The van der Waals surface area contributed by atoms with Gasteiger partial charge in [0.15, 0.2) is 0 Å². The number of ether oxygens (including phenoxy) is 3. The number of carbonyl (C=O) groups excluding carboxylic acids is 3. The Morgan fingerprint density at radius 2 is 0.950 bits per heavy atom. The molecule has 0 amide bonds. The smallest absolute Gasteiger partial charge is 0.320 e. The molecule has 0 atom stereocenters. The highest BCUT2D eigenvalue weighted by molar-refractivity contribution is 9.10. The number of rotatable bonds is 6. The van der Waals surface area contributed by atoms with E-state index in [0.29, 0.717) is 39.3 Å². The molecule has 0 fully saturated rings. The van der Waals surface area contributed by atoms with Crippen LogP contribution in [0.25, 0.3) is 0 Å². The number of hydrogen-bond acceptors (Lipinski definition) is 10. The van der Waals surface area contributed by atoms with Crippen LogP contribution in [-0.2, 0) is 41.7 Å². The Balaban J connectivity index is 2.34. The molecule has 0 radical (unpaired) electrons. The first-order valence-electron chi connectivity index (χ1n) is 13.7. The molecule has 2 rings (SSSR count). The standard InChI is InChI=1S/C29H47BrN4O6/c1-27(2,3)38-24(35)18-32-10-12-33(19-25(36)39-28(4,5)6)16-22-14-21(30)15-23(31-22)17-34(13-11-32)20-26(37)40-29(7,8)9/h14-15H,10-13,16-20H2,1-9H3. The van der Waals surface area contributed by atoms with E-state index in [4.69, 9.17) is 19.2 Å². The van der Waals surface area contributed by atoms with Crippen molar-refractivity contribution in [3.8, 4) is 0 Å². The van der Waals surface area contributed by atoms with Gasteiger partial charge in [-0.3, -0.25) is 34.1 Å². The maximum atomic E-state index is 12.7. The van der Waals surface area contributed by atoms with Gasteiger partial charge in [-0.05, 0) is 74.4 Å². The molecule has 226 valence electrons. The SMILES string of the molecule is CC(C)(C)OC(=O)CN1CCN(CC(=O)OC(C)(C)C)Cc2cc(Br)cc(n2)CN(CC(=O)OC(C)(C)C)CC1. The van der Waals surface area contributed by atoms with Crippen LogP contribution in [0, 0.1) is 0 Å². The lowest BCUT2D eigenvalue weighted by atomic mass is 10.2. The molecule has 1 aliphatic rings. The predicted molar refractivity (Wildman–Crippen MR) is 156 cm³/mol. The van der Waals surface area contributed by atoms with Crippen LogP contribution in [0.15, 0.2) is 16.6 Å². The molecule has 0 saturated carbocycles. The van der Waals surface area contributed by atoms with Crippen LogP contribution in [0.5, 0.6) is 0 Å². The number of esters is 3. The fourth-order valence-electron chi connectivity index (χ4n) is 4.16. The first-order chi connectivity index (χ1) is 18.3. The number of aromatic nitrogens is 1. The molecular formula is C29H47BrN4O6. The van der Waals surface area contributed by atoms with Gasteiger partial charge in [-0.2, -0.15) is 0 Å². The van der Waals surface area contributed by atoms with Gasteiger partial charge < -0.3 is 14.2 Å². The molecule has 1 aromatic rings. The molecule has 0 aliphatic carbocycles. The Bertz CT molecular complexity index is 967. The first-order valence-corrected chi connectivity index (χ1v) is 14.5. The number of carbonyl (C=O) groups is 3. The molecule has 1 aromatic heterocycles. The fourth-order valence-corrected chi connectivity index (χ4v) is 4.69. The number of fused-ring (bicyclic) bond motifs is 2.